The summed E-state index contributed by atoms with van der Waals surface area (Å²) in [4.78, 5) is 0. The average molecular weight is 212 g/mol. The smallest absolute Gasteiger partial charge is 0.0650 e. The van der Waals surface area contributed by atoms with Crippen molar-refractivity contribution in [1.82, 2.24) is 0 Å². The molecule has 14 heavy (non-hydrogen) atoms. The number of hydrogen-bond donors (Lipinski definition) is 1. The number of halogens is 1. The van der Waals surface area contributed by atoms with Gasteiger partial charge < -0.3 is 10.5 Å². The van der Waals surface area contributed by atoms with Crippen LogP contribution < -0.4 is 5.73 Å². The maximum atomic E-state index is 6.17. The highest BCUT2D eigenvalue weighted by Gasteiger charge is 2.30. The molecule has 1 heterocycles. The third-order valence-corrected chi connectivity index (χ3v) is 2.81. The molecule has 1 atom stereocenters. The average Bonchev–Trinajstić information content (AvgIpc) is 2.51. The van der Waals surface area contributed by atoms with Crippen molar-refractivity contribution in [2.75, 3.05) is 13.2 Å². The predicted molar refractivity (Wildman–Crippen MR) is 57.5 cm³/mol. The lowest BCUT2D eigenvalue weighted by Gasteiger charge is -2.21. The highest BCUT2D eigenvalue weighted by molar-refractivity contribution is 6.30. The summed E-state index contributed by atoms with van der Waals surface area (Å²) in [6, 6.07) is 7.85. The van der Waals surface area contributed by atoms with Gasteiger partial charge in [0.1, 0.15) is 0 Å². The van der Waals surface area contributed by atoms with Crippen LogP contribution in [0.2, 0.25) is 5.02 Å². The summed E-state index contributed by atoms with van der Waals surface area (Å²) >= 11 is 5.90. The number of hydrogen-bond acceptors (Lipinski definition) is 2. The predicted octanol–water partition coefficient (Wildman–Crippen LogP) is 2.00. The van der Waals surface area contributed by atoms with Gasteiger partial charge in [-0.3, -0.25) is 0 Å². The fraction of sp³-hybridized carbons (Fsp3) is 0.455. The summed E-state index contributed by atoms with van der Waals surface area (Å²) in [6.07, 6.45) is 1.77. The van der Waals surface area contributed by atoms with Gasteiger partial charge in [0.05, 0.1) is 6.61 Å². The van der Waals surface area contributed by atoms with Crippen LogP contribution in [0.5, 0.6) is 0 Å². The highest BCUT2D eigenvalue weighted by Crippen LogP contribution is 2.22. The van der Waals surface area contributed by atoms with E-state index in [-0.39, 0.29) is 5.54 Å². The third kappa shape index (κ3) is 2.27. The minimum atomic E-state index is -0.190. The number of rotatable bonds is 2. The first kappa shape index (κ1) is 9.97. The van der Waals surface area contributed by atoms with Crippen molar-refractivity contribution in [3.63, 3.8) is 0 Å². The van der Waals surface area contributed by atoms with Crippen molar-refractivity contribution in [2.24, 2.45) is 5.73 Å². The van der Waals surface area contributed by atoms with E-state index < -0.39 is 0 Å². The first-order valence-electron chi connectivity index (χ1n) is 4.79. The molecule has 0 amide bonds. The lowest BCUT2D eigenvalue weighted by atomic mass is 9.91. The van der Waals surface area contributed by atoms with Crippen molar-refractivity contribution in [2.45, 2.75) is 18.4 Å². The molecule has 1 aliphatic rings. The molecule has 0 bridgehead atoms. The second kappa shape index (κ2) is 3.89. The van der Waals surface area contributed by atoms with Gasteiger partial charge in [0.2, 0.25) is 0 Å². The van der Waals surface area contributed by atoms with Crippen LogP contribution in [-0.4, -0.2) is 18.8 Å². The quantitative estimate of drug-likeness (QED) is 0.812. The van der Waals surface area contributed by atoms with Crippen LogP contribution in [0.25, 0.3) is 0 Å². The summed E-state index contributed by atoms with van der Waals surface area (Å²) in [5, 5.41) is 0.769. The molecule has 0 radical (unpaired) electrons. The molecule has 1 aliphatic heterocycles. The Morgan fingerprint density at radius 2 is 2.36 bits per heavy atom. The Balaban J connectivity index is 2.10. The molecule has 2 nitrogen and oxygen atoms in total. The van der Waals surface area contributed by atoms with Crippen LogP contribution in [0.4, 0.5) is 0 Å². The number of benzene rings is 1. The summed E-state index contributed by atoms with van der Waals surface area (Å²) in [7, 11) is 0. The van der Waals surface area contributed by atoms with Crippen molar-refractivity contribution in [3.05, 3.63) is 34.9 Å². The summed E-state index contributed by atoms with van der Waals surface area (Å²) < 4.78 is 5.30. The number of nitrogens with two attached hydrogens (primary N) is 1. The molecule has 1 aromatic rings. The first-order valence-corrected chi connectivity index (χ1v) is 5.17. The molecule has 1 saturated heterocycles. The Bertz CT molecular complexity index is 321. The van der Waals surface area contributed by atoms with Crippen molar-refractivity contribution >= 4 is 11.6 Å². The van der Waals surface area contributed by atoms with Gasteiger partial charge in [-0.25, -0.2) is 0 Å². The van der Waals surface area contributed by atoms with Crippen molar-refractivity contribution < 1.29 is 4.74 Å². The van der Waals surface area contributed by atoms with E-state index in [0.29, 0.717) is 6.61 Å². The Hall–Kier alpha value is -0.570. The Morgan fingerprint density at radius 1 is 1.50 bits per heavy atom. The monoisotopic (exact) mass is 211 g/mol. The fourth-order valence-electron chi connectivity index (χ4n) is 1.82. The molecule has 0 aliphatic carbocycles. The SMILES string of the molecule is N[C@]1(Cc2cccc(Cl)c2)CCOC1. The topological polar surface area (TPSA) is 35.2 Å². The van der Waals surface area contributed by atoms with E-state index in [0.717, 1.165) is 24.5 Å². The van der Waals surface area contributed by atoms with Crippen LogP contribution in [0.3, 0.4) is 0 Å². The van der Waals surface area contributed by atoms with Crippen LogP contribution >= 0.6 is 11.6 Å². The molecule has 0 saturated carbocycles. The van der Waals surface area contributed by atoms with E-state index in [9.17, 15) is 0 Å². The molecule has 1 aromatic carbocycles. The van der Waals surface area contributed by atoms with E-state index in [1.165, 1.54) is 5.56 Å². The fourth-order valence-corrected chi connectivity index (χ4v) is 2.03. The molecule has 2 rings (SSSR count). The van der Waals surface area contributed by atoms with Gasteiger partial charge in [0.25, 0.3) is 0 Å². The van der Waals surface area contributed by atoms with Gasteiger partial charge in [-0.05, 0) is 30.5 Å². The van der Waals surface area contributed by atoms with Crippen molar-refractivity contribution in [1.29, 1.82) is 0 Å². The van der Waals surface area contributed by atoms with Crippen LogP contribution in [-0.2, 0) is 11.2 Å². The van der Waals surface area contributed by atoms with Gasteiger partial charge in [0, 0.05) is 17.2 Å². The second-order valence-electron chi connectivity index (χ2n) is 3.97. The van der Waals surface area contributed by atoms with Crippen LogP contribution in [0.1, 0.15) is 12.0 Å². The lowest BCUT2D eigenvalue weighted by Crippen LogP contribution is -2.42. The van der Waals surface area contributed by atoms with Crippen LogP contribution in [0, 0.1) is 0 Å². The zero-order valence-electron chi connectivity index (χ0n) is 8.00. The molecular formula is C11H14ClNO. The van der Waals surface area contributed by atoms with Gasteiger partial charge in [-0.2, -0.15) is 0 Å². The van der Waals surface area contributed by atoms with Crippen molar-refractivity contribution in [3.8, 4) is 0 Å². The van der Waals surface area contributed by atoms with E-state index in [2.05, 4.69) is 6.07 Å². The molecule has 2 N–H and O–H groups in total. The van der Waals surface area contributed by atoms with E-state index in [1.54, 1.807) is 0 Å². The summed E-state index contributed by atoms with van der Waals surface area (Å²) in [6.45, 7) is 1.43. The molecule has 0 spiro atoms. The normalized spacial score (nSPS) is 26.7. The van der Waals surface area contributed by atoms with Gasteiger partial charge in [-0.1, -0.05) is 23.7 Å². The second-order valence-corrected chi connectivity index (χ2v) is 4.41. The molecule has 76 valence electrons. The summed E-state index contributed by atoms with van der Waals surface area (Å²) in [5.41, 5.74) is 7.17. The molecule has 1 fully saturated rings. The molecule has 0 aromatic heterocycles. The zero-order valence-corrected chi connectivity index (χ0v) is 8.76. The van der Waals surface area contributed by atoms with E-state index >= 15 is 0 Å². The Kier molecular flexibility index (Phi) is 2.77. The minimum absolute atomic E-state index is 0.190. The standard InChI is InChI=1S/C11H14ClNO/c12-10-3-1-2-9(6-10)7-11(13)4-5-14-8-11/h1-3,6H,4-5,7-8,13H2/t11-/m0/s1. The Morgan fingerprint density at radius 3 is 3.00 bits per heavy atom. The molecule has 3 heteroatoms. The lowest BCUT2D eigenvalue weighted by molar-refractivity contribution is 0.178. The van der Waals surface area contributed by atoms with Gasteiger partial charge in [-0.15, -0.1) is 0 Å². The molecular weight excluding hydrogens is 198 g/mol. The first-order chi connectivity index (χ1) is 6.68. The van der Waals surface area contributed by atoms with E-state index in [4.69, 9.17) is 22.1 Å². The van der Waals surface area contributed by atoms with Crippen LogP contribution in [0.15, 0.2) is 24.3 Å². The minimum Gasteiger partial charge on any atom is -0.379 e. The largest absolute Gasteiger partial charge is 0.379 e. The van der Waals surface area contributed by atoms with Gasteiger partial charge >= 0.3 is 0 Å². The number of ether oxygens (including phenoxy) is 1. The summed E-state index contributed by atoms with van der Waals surface area (Å²) in [5.74, 6) is 0. The van der Waals surface area contributed by atoms with E-state index in [1.807, 2.05) is 18.2 Å². The third-order valence-electron chi connectivity index (χ3n) is 2.58. The van der Waals surface area contributed by atoms with Gasteiger partial charge in [0.15, 0.2) is 0 Å². The highest BCUT2D eigenvalue weighted by atomic mass is 35.5. The zero-order chi connectivity index (χ0) is 10.0. The maximum Gasteiger partial charge on any atom is 0.0650 e. The maximum absolute atomic E-state index is 6.17. The Labute approximate surface area is 89.0 Å². The molecule has 0 unspecified atom stereocenters.